The van der Waals surface area contributed by atoms with Gasteiger partial charge in [-0.1, -0.05) is 0 Å². The summed E-state index contributed by atoms with van der Waals surface area (Å²) in [6.07, 6.45) is 0.713. The van der Waals surface area contributed by atoms with E-state index in [1.54, 1.807) is 0 Å². The van der Waals surface area contributed by atoms with Crippen molar-refractivity contribution in [3.8, 4) is 0 Å². The van der Waals surface area contributed by atoms with Gasteiger partial charge in [0.2, 0.25) is 0 Å². The average Bonchev–Trinajstić information content (AvgIpc) is 2.74. The Morgan fingerprint density at radius 3 is 2.87 bits per heavy atom. The molecule has 5 nitrogen and oxygen atoms in total. The van der Waals surface area contributed by atoms with Crippen molar-refractivity contribution in [3.63, 3.8) is 0 Å². The van der Waals surface area contributed by atoms with E-state index in [2.05, 4.69) is 5.10 Å². The predicted molar refractivity (Wildman–Crippen MR) is 55.9 cm³/mol. The minimum absolute atomic E-state index is 0.243. The Morgan fingerprint density at radius 2 is 2.40 bits per heavy atom. The second kappa shape index (κ2) is 3.56. The van der Waals surface area contributed by atoms with Gasteiger partial charge in [-0.2, -0.15) is 5.10 Å². The molecular formula is C10H15N3O2. The van der Waals surface area contributed by atoms with Crippen LogP contribution in [0.15, 0.2) is 6.07 Å². The Labute approximate surface area is 88.3 Å². The average molecular weight is 209 g/mol. The molecule has 1 aromatic heterocycles. The molecule has 0 radical (unpaired) electrons. The molecule has 1 fully saturated rings. The first-order valence-corrected chi connectivity index (χ1v) is 5.06. The van der Waals surface area contributed by atoms with E-state index in [0.717, 1.165) is 18.1 Å². The predicted octanol–water partition coefficient (Wildman–Crippen LogP) is 0.639. The van der Waals surface area contributed by atoms with Crippen LogP contribution in [0.3, 0.4) is 0 Å². The van der Waals surface area contributed by atoms with Crippen LogP contribution in [0.4, 0.5) is 5.82 Å². The van der Waals surface area contributed by atoms with Crippen LogP contribution in [0.5, 0.6) is 0 Å². The van der Waals surface area contributed by atoms with E-state index in [1.165, 1.54) is 0 Å². The third-order valence-corrected chi connectivity index (χ3v) is 2.96. The van der Waals surface area contributed by atoms with Crippen LogP contribution in [-0.4, -0.2) is 33.9 Å². The first kappa shape index (κ1) is 10.0. The van der Waals surface area contributed by atoms with Gasteiger partial charge in [-0.15, -0.1) is 0 Å². The van der Waals surface area contributed by atoms with Crippen molar-refractivity contribution in [1.82, 2.24) is 9.78 Å². The van der Waals surface area contributed by atoms with Crippen molar-refractivity contribution in [2.75, 3.05) is 18.0 Å². The van der Waals surface area contributed by atoms with E-state index >= 15 is 0 Å². The van der Waals surface area contributed by atoms with Crippen molar-refractivity contribution in [3.05, 3.63) is 11.8 Å². The Balaban J connectivity index is 2.11. The molecule has 1 aromatic rings. The maximum absolute atomic E-state index is 10.8. The monoisotopic (exact) mass is 209 g/mol. The number of hydrogen-bond acceptors (Lipinski definition) is 3. The van der Waals surface area contributed by atoms with E-state index in [1.807, 2.05) is 29.6 Å². The lowest BCUT2D eigenvalue weighted by Crippen LogP contribution is -2.23. The standard InChI is InChI=1S/C10H15N3O2/c1-7-5-9(11-12(7)2)13-4-3-8(6-13)10(14)15/h5,8H,3-4,6H2,1-2H3,(H,14,15). The largest absolute Gasteiger partial charge is 0.481 e. The number of carbonyl (C=O) groups is 1. The van der Waals surface area contributed by atoms with Crippen molar-refractivity contribution in [2.45, 2.75) is 13.3 Å². The van der Waals surface area contributed by atoms with Crippen molar-refractivity contribution in [1.29, 1.82) is 0 Å². The summed E-state index contributed by atoms with van der Waals surface area (Å²) >= 11 is 0. The topological polar surface area (TPSA) is 58.4 Å². The van der Waals surface area contributed by atoms with Gasteiger partial charge in [-0.25, -0.2) is 0 Å². The summed E-state index contributed by atoms with van der Waals surface area (Å²) in [4.78, 5) is 12.8. The van der Waals surface area contributed by atoms with Gasteiger partial charge in [0.1, 0.15) is 0 Å². The summed E-state index contributed by atoms with van der Waals surface area (Å²) in [5.41, 5.74) is 1.09. The van der Waals surface area contributed by atoms with Crippen LogP contribution in [0.1, 0.15) is 12.1 Å². The molecule has 1 saturated heterocycles. The lowest BCUT2D eigenvalue weighted by atomic mass is 10.1. The number of aliphatic carboxylic acids is 1. The van der Waals surface area contributed by atoms with Crippen molar-refractivity contribution >= 4 is 11.8 Å². The summed E-state index contributed by atoms with van der Waals surface area (Å²) in [5.74, 6) is -0.0591. The lowest BCUT2D eigenvalue weighted by Gasteiger charge is -2.13. The molecule has 0 aliphatic carbocycles. The molecule has 1 atom stereocenters. The molecule has 1 unspecified atom stereocenters. The molecule has 1 aliphatic heterocycles. The third kappa shape index (κ3) is 1.82. The van der Waals surface area contributed by atoms with Crippen LogP contribution in [0.2, 0.25) is 0 Å². The number of carboxylic acids is 1. The van der Waals surface area contributed by atoms with E-state index in [0.29, 0.717) is 13.0 Å². The fourth-order valence-electron chi connectivity index (χ4n) is 1.87. The fraction of sp³-hybridized carbons (Fsp3) is 0.600. The quantitative estimate of drug-likeness (QED) is 0.776. The summed E-state index contributed by atoms with van der Waals surface area (Å²) in [6, 6.07) is 1.99. The minimum atomic E-state index is -0.704. The Hall–Kier alpha value is -1.52. The van der Waals surface area contributed by atoms with Crippen LogP contribution < -0.4 is 4.90 Å². The van der Waals surface area contributed by atoms with Crippen molar-refractivity contribution < 1.29 is 9.90 Å². The maximum atomic E-state index is 10.8. The van der Waals surface area contributed by atoms with Gasteiger partial charge < -0.3 is 10.0 Å². The number of rotatable bonds is 2. The van der Waals surface area contributed by atoms with Gasteiger partial charge in [0.05, 0.1) is 5.92 Å². The SMILES string of the molecule is Cc1cc(N2CCC(C(=O)O)C2)nn1C. The van der Waals surface area contributed by atoms with Gasteiger partial charge in [-0.3, -0.25) is 9.48 Å². The second-order valence-corrected chi connectivity index (χ2v) is 4.04. The molecule has 15 heavy (non-hydrogen) atoms. The number of hydrogen-bond donors (Lipinski definition) is 1. The number of anilines is 1. The summed E-state index contributed by atoms with van der Waals surface area (Å²) in [6.45, 7) is 3.35. The molecule has 0 bridgehead atoms. The molecule has 2 rings (SSSR count). The number of aryl methyl sites for hydroxylation is 2. The van der Waals surface area contributed by atoms with Crippen molar-refractivity contribution in [2.24, 2.45) is 13.0 Å². The molecule has 0 aromatic carbocycles. The van der Waals surface area contributed by atoms with E-state index in [4.69, 9.17) is 5.11 Å². The Kier molecular flexibility index (Phi) is 2.38. The highest BCUT2D eigenvalue weighted by Crippen LogP contribution is 2.23. The molecule has 1 aliphatic rings. The Morgan fingerprint density at radius 1 is 1.67 bits per heavy atom. The van der Waals surface area contributed by atoms with E-state index in [9.17, 15) is 4.79 Å². The van der Waals surface area contributed by atoms with Gasteiger partial charge in [0.25, 0.3) is 0 Å². The molecule has 0 saturated carbocycles. The smallest absolute Gasteiger partial charge is 0.308 e. The van der Waals surface area contributed by atoms with Crippen LogP contribution in [0.25, 0.3) is 0 Å². The molecular weight excluding hydrogens is 194 g/mol. The summed E-state index contributed by atoms with van der Waals surface area (Å²) in [5, 5.41) is 13.2. The number of aromatic nitrogens is 2. The van der Waals surface area contributed by atoms with Crippen LogP contribution >= 0.6 is 0 Å². The van der Waals surface area contributed by atoms with Gasteiger partial charge in [0, 0.05) is 31.9 Å². The lowest BCUT2D eigenvalue weighted by molar-refractivity contribution is -0.140. The number of carboxylic acid groups (broad SMARTS) is 1. The molecule has 1 N–H and O–H groups in total. The second-order valence-electron chi connectivity index (χ2n) is 4.04. The van der Waals surface area contributed by atoms with Crippen LogP contribution in [-0.2, 0) is 11.8 Å². The zero-order valence-electron chi connectivity index (χ0n) is 8.97. The molecule has 5 heteroatoms. The summed E-state index contributed by atoms with van der Waals surface area (Å²) in [7, 11) is 1.89. The normalized spacial score (nSPS) is 20.9. The highest BCUT2D eigenvalue weighted by molar-refractivity contribution is 5.71. The van der Waals surface area contributed by atoms with Gasteiger partial charge in [-0.05, 0) is 13.3 Å². The highest BCUT2D eigenvalue weighted by atomic mass is 16.4. The van der Waals surface area contributed by atoms with Gasteiger partial charge >= 0.3 is 5.97 Å². The minimum Gasteiger partial charge on any atom is -0.481 e. The molecule has 0 spiro atoms. The van der Waals surface area contributed by atoms with E-state index < -0.39 is 5.97 Å². The van der Waals surface area contributed by atoms with E-state index in [-0.39, 0.29) is 5.92 Å². The third-order valence-electron chi connectivity index (χ3n) is 2.96. The van der Waals surface area contributed by atoms with Gasteiger partial charge in [0.15, 0.2) is 5.82 Å². The highest BCUT2D eigenvalue weighted by Gasteiger charge is 2.29. The molecule has 0 amide bonds. The zero-order chi connectivity index (χ0) is 11.0. The first-order valence-electron chi connectivity index (χ1n) is 5.06. The number of nitrogens with zero attached hydrogens (tertiary/aromatic N) is 3. The molecule has 2 heterocycles. The first-order chi connectivity index (χ1) is 7.08. The summed E-state index contributed by atoms with van der Waals surface area (Å²) < 4.78 is 1.81. The zero-order valence-corrected chi connectivity index (χ0v) is 8.97. The fourth-order valence-corrected chi connectivity index (χ4v) is 1.87. The van der Waals surface area contributed by atoms with Crippen LogP contribution in [0, 0.1) is 12.8 Å². The maximum Gasteiger partial charge on any atom is 0.308 e. The Bertz CT molecular complexity index is 367. The molecule has 82 valence electrons.